The molecule has 0 radical (unpaired) electrons. The molecule has 2 rings (SSSR count). The van der Waals surface area contributed by atoms with Crippen molar-refractivity contribution in [2.24, 2.45) is 0 Å². The molecule has 5 heteroatoms. The average Bonchev–Trinajstić information content (AvgIpc) is 2.53. The quantitative estimate of drug-likeness (QED) is 0.659. The highest BCUT2D eigenvalue weighted by Crippen LogP contribution is 2.23. The number of nitrogens with one attached hydrogen (secondary N) is 1. The van der Waals surface area contributed by atoms with Crippen molar-refractivity contribution in [2.45, 2.75) is 45.6 Å². The molecule has 0 spiro atoms. The van der Waals surface area contributed by atoms with E-state index < -0.39 is 0 Å². The second kappa shape index (κ2) is 9.47. The smallest absolute Gasteiger partial charge is 0.220 e. The number of hydrogen-bond donors (Lipinski definition) is 1. The number of carbonyl (C=O) groups is 1. The van der Waals surface area contributed by atoms with Gasteiger partial charge < -0.3 is 5.32 Å². The number of aryl methyl sites for hydroxylation is 1. The first-order valence-corrected chi connectivity index (χ1v) is 8.81. The van der Waals surface area contributed by atoms with Crippen molar-refractivity contribution < 1.29 is 4.79 Å². The van der Waals surface area contributed by atoms with E-state index >= 15 is 0 Å². The van der Waals surface area contributed by atoms with Gasteiger partial charge in [-0.25, -0.2) is 0 Å². The summed E-state index contributed by atoms with van der Waals surface area (Å²) >= 11 is 11.9. The van der Waals surface area contributed by atoms with Crippen LogP contribution >= 0.6 is 35.6 Å². The van der Waals surface area contributed by atoms with Gasteiger partial charge in [0, 0.05) is 13.0 Å². The maximum absolute atomic E-state index is 12.0. The zero-order chi connectivity index (χ0) is 17.7. The van der Waals surface area contributed by atoms with E-state index in [0.29, 0.717) is 29.4 Å². The highest BCUT2D eigenvalue weighted by molar-refractivity contribution is 6.42. The summed E-state index contributed by atoms with van der Waals surface area (Å²) in [4.78, 5) is 12.0. The predicted octanol–water partition coefficient (Wildman–Crippen LogP) is 5.96. The van der Waals surface area contributed by atoms with Gasteiger partial charge in [-0.2, -0.15) is 0 Å². The van der Waals surface area contributed by atoms with Gasteiger partial charge in [-0.3, -0.25) is 4.79 Å². The Hall–Kier alpha value is -1.22. The van der Waals surface area contributed by atoms with Crippen molar-refractivity contribution in [2.75, 3.05) is 0 Å². The molecule has 1 N–H and O–H groups in total. The lowest BCUT2D eigenvalue weighted by Crippen LogP contribution is -2.23. The van der Waals surface area contributed by atoms with E-state index in [1.54, 1.807) is 6.07 Å². The maximum atomic E-state index is 12.0. The molecule has 136 valence electrons. The van der Waals surface area contributed by atoms with Gasteiger partial charge in [0.1, 0.15) is 0 Å². The Balaban J connectivity index is 0.00000312. The van der Waals surface area contributed by atoms with E-state index in [1.807, 2.05) is 12.1 Å². The molecule has 0 aromatic heterocycles. The second-order valence-electron chi connectivity index (χ2n) is 6.97. The van der Waals surface area contributed by atoms with Crippen LogP contribution in [0, 0.1) is 0 Å². The third kappa shape index (κ3) is 6.89. The van der Waals surface area contributed by atoms with Gasteiger partial charge in [0.05, 0.1) is 10.0 Å². The summed E-state index contributed by atoms with van der Waals surface area (Å²) in [6.07, 6.45) is 1.07. The van der Waals surface area contributed by atoms with Crippen LogP contribution in [0.1, 0.15) is 43.9 Å². The summed E-state index contributed by atoms with van der Waals surface area (Å²) in [5.41, 5.74) is 3.54. The molecule has 2 aromatic rings. The van der Waals surface area contributed by atoms with Crippen LogP contribution in [0.4, 0.5) is 0 Å². The van der Waals surface area contributed by atoms with Crippen LogP contribution in [0.2, 0.25) is 10.0 Å². The molecule has 0 aliphatic heterocycles. The fourth-order valence-corrected chi connectivity index (χ4v) is 2.69. The van der Waals surface area contributed by atoms with Crippen LogP contribution in [-0.4, -0.2) is 5.91 Å². The van der Waals surface area contributed by atoms with Gasteiger partial charge in [0.25, 0.3) is 0 Å². The van der Waals surface area contributed by atoms with E-state index in [1.165, 1.54) is 5.56 Å². The standard InChI is InChI=1S/C20H23Cl2NO.ClH/c1-20(2,3)16-8-4-15(5-9-16)13-23-19(24)11-7-14-6-10-17(21)18(22)12-14;/h4-6,8-10,12H,7,11,13H2,1-3H3,(H,23,24);1H. The predicted molar refractivity (Wildman–Crippen MR) is 109 cm³/mol. The third-order valence-electron chi connectivity index (χ3n) is 3.93. The molecule has 0 atom stereocenters. The molecule has 0 fully saturated rings. The lowest BCUT2D eigenvalue weighted by Gasteiger charge is -2.19. The number of rotatable bonds is 5. The number of amides is 1. The van der Waals surface area contributed by atoms with Gasteiger partial charge in [-0.15, -0.1) is 12.4 Å². The van der Waals surface area contributed by atoms with E-state index in [4.69, 9.17) is 23.2 Å². The molecule has 2 nitrogen and oxygen atoms in total. The Morgan fingerprint density at radius 1 is 0.960 bits per heavy atom. The van der Waals surface area contributed by atoms with Crippen LogP contribution in [-0.2, 0) is 23.2 Å². The monoisotopic (exact) mass is 399 g/mol. The summed E-state index contributed by atoms with van der Waals surface area (Å²) in [7, 11) is 0. The van der Waals surface area contributed by atoms with Crippen LogP contribution < -0.4 is 5.32 Å². The molecule has 0 unspecified atom stereocenters. The minimum absolute atomic E-state index is 0. The number of benzene rings is 2. The summed E-state index contributed by atoms with van der Waals surface area (Å²) < 4.78 is 0. The van der Waals surface area contributed by atoms with Gasteiger partial charge in [0.15, 0.2) is 0 Å². The highest BCUT2D eigenvalue weighted by atomic mass is 35.5. The van der Waals surface area contributed by atoms with Crippen molar-refractivity contribution in [3.8, 4) is 0 Å². The molecule has 2 aromatic carbocycles. The van der Waals surface area contributed by atoms with Gasteiger partial charge in [-0.1, -0.05) is 74.3 Å². The Morgan fingerprint density at radius 2 is 1.56 bits per heavy atom. The normalized spacial score (nSPS) is 10.9. The Morgan fingerprint density at radius 3 is 2.12 bits per heavy atom. The van der Waals surface area contributed by atoms with Crippen LogP contribution in [0.15, 0.2) is 42.5 Å². The van der Waals surface area contributed by atoms with Crippen molar-refractivity contribution >= 4 is 41.5 Å². The molecule has 0 aliphatic carbocycles. The first-order chi connectivity index (χ1) is 11.3. The van der Waals surface area contributed by atoms with Crippen LogP contribution in [0.5, 0.6) is 0 Å². The zero-order valence-corrected chi connectivity index (χ0v) is 17.1. The molecule has 1 amide bonds. The Labute approximate surface area is 166 Å². The van der Waals surface area contributed by atoms with Crippen LogP contribution in [0.3, 0.4) is 0 Å². The summed E-state index contributed by atoms with van der Waals surface area (Å²) in [6, 6.07) is 13.8. The zero-order valence-electron chi connectivity index (χ0n) is 14.7. The molecule has 0 heterocycles. The van der Waals surface area contributed by atoms with Gasteiger partial charge in [0.2, 0.25) is 5.91 Å². The van der Waals surface area contributed by atoms with E-state index in [2.05, 4.69) is 50.4 Å². The molecule has 0 aliphatic rings. The van der Waals surface area contributed by atoms with Gasteiger partial charge >= 0.3 is 0 Å². The molecule has 25 heavy (non-hydrogen) atoms. The highest BCUT2D eigenvalue weighted by Gasteiger charge is 2.12. The second-order valence-corrected chi connectivity index (χ2v) is 7.79. The van der Waals surface area contributed by atoms with E-state index in [9.17, 15) is 4.79 Å². The largest absolute Gasteiger partial charge is 0.352 e. The SMILES string of the molecule is CC(C)(C)c1ccc(CNC(=O)CCc2ccc(Cl)c(Cl)c2)cc1.Cl. The minimum atomic E-state index is 0. The fourth-order valence-electron chi connectivity index (χ4n) is 2.36. The Bertz CT molecular complexity index is 706. The maximum Gasteiger partial charge on any atom is 0.220 e. The topological polar surface area (TPSA) is 29.1 Å². The molecule has 0 bridgehead atoms. The lowest BCUT2D eigenvalue weighted by atomic mass is 9.87. The van der Waals surface area contributed by atoms with Crippen LogP contribution in [0.25, 0.3) is 0 Å². The third-order valence-corrected chi connectivity index (χ3v) is 4.67. The number of halogens is 3. The molecule has 0 saturated heterocycles. The van der Waals surface area contributed by atoms with Crippen molar-refractivity contribution in [1.82, 2.24) is 5.32 Å². The minimum Gasteiger partial charge on any atom is -0.352 e. The first-order valence-electron chi connectivity index (χ1n) is 8.06. The fraction of sp³-hybridized carbons (Fsp3) is 0.350. The average molecular weight is 401 g/mol. The Kier molecular flexibility index (Phi) is 8.27. The molecule has 0 saturated carbocycles. The summed E-state index contributed by atoms with van der Waals surface area (Å²) in [6.45, 7) is 7.11. The number of carbonyl (C=O) groups excluding carboxylic acids is 1. The lowest BCUT2D eigenvalue weighted by molar-refractivity contribution is -0.121. The van der Waals surface area contributed by atoms with Crippen molar-refractivity contribution in [1.29, 1.82) is 0 Å². The van der Waals surface area contributed by atoms with Crippen molar-refractivity contribution in [3.63, 3.8) is 0 Å². The first kappa shape index (κ1) is 21.8. The van der Waals surface area contributed by atoms with Gasteiger partial charge in [-0.05, 0) is 40.7 Å². The summed E-state index contributed by atoms with van der Waals surface area (Å²) in [5, 5.41) is 4.01. The molecular weight excluding hydrogens is 377 g/mol. The van der Waals surface area contributed by atoms with E-state index in [-0.39, 0.29) is 23.7 Å². The number of hydrogen-bond acceptors (Lipinski definition) is 1. The summed E-state index contributed by atoms with van der Waals surface area (Å²) in [5.74, 6) is 0.0287. The van der Waals surface area contributed by atoms with E-state index in [0.717, 1.165) is 11.1 Å². The van der Waals surface area contributed by atoms with Crippen molar-refractivity contribution in [3.05, 3.63) is 69.2 Å². The molecular formula is C20H24Cl3NO.